The average molecular weight is 737 g/mol. The van der Waals surface area contributed by atoms with Crippen LogP contribution in [0, 0.1) is 23.3 Å². The molecule has 1 unspecified atom stereocenters. The van der Waals surface area contributed by atoms with Gasteiger partial charge in [-0.05, 0) is 76.2 Å². The minimum Gasteiger partial charge on any atom is -0.444 e. The van der Waals surface area contributed by atoms with Gasteiger partial charge in [0.05, 0.1) is 26.9 Å². The maximum Gasteiger partial charge on any atom is 0.408 e. The fraction of sp³-hybridized carbons (Fsp3) is 0.176. The third-order valence-electron chi connectivity index (χ3n) is 6.14. The van der Waals surface area contributed by atoms with E-state index in [9.17, 15) is 36.7 Å². The summed E-state index contributed by atoms with van der Waals surface area (Å²) < 4.78 is 57.9. The molecule has 0 spiro atoms. The van der Waals surface area contributed by atoms with Gasteiger partial charge < -0.3 is 31.7 Å². The van der Waals surface area contributed by atoms with Crippen LogP contribution in [0.4, 0.5) is 45.1 Å². The van der Waals surface area contributed by atoms with E-state index in [0.29, 0.717) is 12.1 Å². The Morgan fingerprint density at radius 2 is 1.14 bits per heavy atom. The summed E-state index contributed by atoms with van der Waals surface area (Å²) in [7, 11) is 0. The number of rotatable bonds is 7. The fourth-order valence-corrected chi connectivity index (χ4v) is 4.60. The third-order valence-corrected chi connectivity index (χ3v) is 6.77. The molecule has 10 nitrogen and oxygen atoms in total. The predicted molar refractivity (Wildman–Crippen MR) is 183 cm³/mol. The summed E-state index contributed by atoms with van der Waals surface area (Å²) in [6.45, 7) is 6.47. The van der Waals surface area contributed by atoms with Crippen molar-refractivity contribution >= 4 is 69.8 Å². The van der Waals surface area contributed by atoms with Gasteiger partial charge in [0.1, 0.15) is 34.9 Å². The average Bonchev–Trinajstić information content (AvgIpc) is 2.95. The normalized spacial score (nSPS) is 11.3. The molecule has 6 N–H and O–H groups in total. The van der Waals surface area contributed by atoms with Crippen molar-refractivity contribution in [2.75, 3.05) is 21.7 Å². The summed E-state index contributed by atoms with van der Waals surface area (Å²) in [5.74, 6) is -5.38. The lowest BCUT2D eigenvalue weighted by Gasteiger charge is -2.22. The predicted octanol–water partition coefficient (Wildman–Crippen LogP) is 8.17. The lowest BCUT2D eigenvalue weighted by atomic mass is 10.1. The minimum absolute atomic E-state index is 0.0000652. The number of halogens is 6. The van der Waals surface area contributed by atoms with Crippen LogP contribution in [-0.4, -0.2) is 35.5 Å². The first-order chi connectivity index (χ1) is 23.3. The number of ether oxygens (including phenoxy) is 1. The van der Waals surface area contributed by atoms with Crippen LogP contribution in [0.1, 0.15) is 48.4 Å². The molecule has 0 heterocycles. The highest BCUT2D eigenvalue weighted by Crippen LogP contribution is 2.27. The first-order valence-electron chi connectivity index (χ1n) is 14.5. The van der Waals surface area contributed by atoms with E-state index in [2.05, 4.69) is 21.3 Å². The Balaban J connectivity index is 0.000000303. The van der Waals surface area contributed by atoms with E-state index in [0.717, 1.165) is 24.3 Å². The van der Waals surface area contributed by atoms with Crippen molar-refractivity contribution in [1.82, 2.24) is 5.32 Å². The Morgan fingerprint density at radius 1 is 0.700 bits per heavy atom. The molecule has 16 heteroatoms. The Kier molecular flexibility index (Phi) is 13.2. The summed E-state index contributed by atoms with van der Waals surface area (Å²) in [5.41, 5.74) is 4.94. The van der Waals surface area contributed by atoms with Gasteiger partial charge in [-0.3, -0.25) is 14.4 Å². The van der Waals surface area contributed by atoms with Crippen molar-refractivity contribution in [3.05, 3.63) is 117 Å². The Morgan fingerprint density at radius 3 is 1.60 bits per heavy atom. The first-order valence-corrected chi connectivity index (χ1v) is 15.3. The molecule has 0 aromatic heterocycles. The Labute approximate surface area is 294 Å². The summed E-state index contributed by atoms with van der Waals surface area (Å²) in [4.78, 5) is 49.0. The highest BCUT2D eigenvalue weighted by atomic mass is 35.5. The van der Waals surface area contributed by atoms with Crippen LogP contribution in [0.3, 0.4) is 0 Å². The second kappa shape index (κ2) is 16.9. The molecule has 0 aliphatic rings. The zero-order chi connectivity index (χ0) is 37.3. The topological polar surface area (TPSA) is 152 Å². The van der Waals surface area contributed by atoms with E-state index >= 15 is 0 Å². The molecule has 50 heavy (non-hydrogen) atoms. The molecule has 4 aromatic rings. The zero-order valence-electron chi connectivity index (χ0n) is 26.9. The van der Waals surface area contributed by atoms with Crippen LogP contribution in [0.5, 0.6) is 0 Å². The lowest BCUT2D eigenvalue weighted by molar-refractivity contribution is -0.117. The SMILES string of the molecule is CC(NC(=O)OC(C)(C)C)C(=O)Nc1cccc(Cl)c1C(=O)Nc1cc(F)cc(F)c1.Nc1cccc(Cl)c1C(=O)Nc1cc(F)cc(F)c1. The van der Waals surface area contributed by atoms with E-state index in [1.165, 1.54) is 37.3 Å². The molecule has 0 saturated carbocycles. The quantitative estimate of drug-likeness (QED) is 0.0954. The monoisotopic (exact) mass is 735 g/mol. The molecule has 4 aromatic carbocycles. The van der Waals surface area contributed by atoms with Gasteiger partial charge >= 0.3 is 6.09 Å². The maximum atomic E-state index is 13.4. The molecule has 4 amide bonds. The molecule has 264 valence electrons. The molecular weight excluding hydrogens is 705 g/mol. The summed E-state index contributed by atoms with van der Waals surface area (Å²) >= 11 is 12.0. The van der Waals surface area contributed by atoms with Gasteiger partial charge in [-0.1, -0.05) is 35.3 Å². The largest absolute Gasteiger partial charge is 0.444 e. The summed E-state index contributed by atoms with van der Waals surface area (Å²) in [6, 6.07) is 13.2. The fourth-order valence-electron chi connectivity index (χ4n) is 4.07. The van der Waals surface area contributed by atoms with Gasteiger partial charge in [-0.2, -0.15) is 0 Å². The van der Waals surface area contributed by atoms with Crippen molar-refractivity contribution in [3.8, 4) is 0 Å². The Bertz CT molecular complexity index is 1860. The van der Waals surface area contributed by atoms with Gasteiger partial charge in [-0.15, -0.1) is 0 Å². The molecule has 0 radical (unpaired) electrons. The van der Waals surface area contributed by atoms with Gasteiger partial charge in [0.15, 0.2) is 0 Å². The Hall–Kier alpha value is -5.34. The molecule has 0 saturated heterocycles. The second-order valence-corrected chi connectivity index (χ2v) is 12.3. The van der Waals surface area contributed by atoms with E-state index < -0.39 is 58.7 Å². The number of nitrogens with two attached hydrogens (primary N) is 1. The number of nitrogen functional groups attached to an aromatic ring is 1. The van der Waals surface area contributed by atoms with Gasteiger partial charge in [-0.25, -0.2) is 22.4 Å². The molecule has 0 bridgehead atoms. The van der Waals surface area contributed by atoms with Crippen LogP contribution in [0.15, 0.2) is 72.8 Å². The van der Waals surface area contributed by atoms with Crippen LogP contribution in [0.2, 0.25) is 10.0 Å². The number of alkyl carbamates (subject to hydrolysis) is 1. The van der Waals surface area contributed by atoms with Crippen molar-refractivity contribution in [2.24, 2.45) is 0 Å². The zero-order valence-corrected chi connectivity index (χ0v) is 28.4. The van der Waals surface area contributed by atoms with E-state index in [4.69, 9.17) is 33.7 Å². The van der Waals surface area contributed by atoms with Crippen molar-refractivity contribution in [2.45, 2.75) is 39.3 Å². The number of carbonyl (C=O) groups is 4. The maximum absolute atomic E-state index is 13.4. The molecule has 0 aliphatic heterocycles. The van der Waals surface area contributed by atoms with Crippen molar-refractivity contribution < 1.29 is 41.5 Å². The molecule has 0 aliphatic carbocycles. The van der Waals surface area contributed by atoms with E-state index in [1.54, 1.807) is 26.8 Å². The first kappa shape index (κ1) is 39.1. The highest BCUT2D eigenvalue weighted by Gasteiger charge is 2.24. The van der Waals surface area contributed by atoms with Crippen LogP contribution < -0.4 is 27.0 Å². The number of nitrogens with one attached hydrogen (secondary N) is 4. The number of hydrogen-bond donors (Lipinski definition) is 5. The third kappa shape index (κ3) is 11.7. The highest BCUT2D eigenvalue weighted by molar-refractivity contribution is 6.36. The smallest absolute Gasteiger partial charge is 0.408 e. The van der Waals surface area contributed by atoms with Crippen LogP contribution >= 0.6 is 23.2 Å². The van der Waals surface area contributed by atoms with Gasteiger partial charge in [0.25, 0.3) is 11.8 Å². The van der Waals surface area contributed by atoms with E-state index in [1.807, 2.05) is 0 Å². The van der Waals surface area contributed by atoms with Crippen LogP contribution in [-0.2, 0) is 9.53 Å². The standard InChI is InChI=1S/C21H22ClF2N3O4.C13H9ClF2N2O/c1-11(25-20(30)31-21(2,3)4)18(28)27-16-7-5-6-15(22)17(16)19(29)26-14-9-12(23)8-13(24)10-14;14-10-2-1-3-11(17)12(10)13(19)18-9-5-7(15)4-8(16)6-9/h5-11H,1-4H3,(H,25,30)(H,26,29)(H,27,28);1-6H,17H2,(H,18,19). The lowest BCUT2D eigenvalue weighted by Crippen LogP contribution is -2.44. The van der Waals surface area contributed by atoms with Gasteiger partial charge in [0, 0.05) is 29.2 Å². The van der Waals surface area contributed by atoms with Crippen LogP contribution in [0.25, 0.3) is 0 Å². The molecule has 0 fully saturated rings. The number of hydrogen-bond acceptors (Lipinski definition) is 6. The summed E-state index contributed by atoms with van der Waals surface area (Å²) in [5, 5.41) is 9.72. The summed E-state index contributed by atoms with van der Waals surface area (Å²) in [6.07, 6.45) is -0.785. The van der Waals surface area contributed by atoms with Crippen molar-refractivity contribution in [1.29, 1.82) is 0 Å². The molecular formula is C34H31Cl2F4N5O5. The molecule has 4 rings (SSSR count). The number of carbonyl (C=O) groups excluding carboxylic acids is 4. The number of benzene rings is 4. The number of amides is 4. The van der Waals surface area contributed by atoms with E-state index in [-0.39, 0.29) is 43.9 Å². The minimum atomic E-state index is -0.998. The van der Waals surface area contributed by atoms with Gasteiger partial charge in [0.2, 0.25) is 5.91 Å². The van der Waals surface area contributed by atoms with Crippen molar-refractivity contribution in [3.63, 3.8) is 0 Å². The second-order valence-electron chi connectivity index (χ2n) is 11.4. The number of anilines is 4. The molecule has 1 atom stereocenters.